The van der Waals surface area contributed by atoms with Crippen LogP contribution < -0.4 is 0 Å². The summed E-state index contributed by atoms with van der Waals surface area (Å²) in [4.78, 5) is 11.5. The summed E-state index contributed by atoms with van der Waals surface area (Å²) >= 11 is 5.59. The maximum absolute atomic E-state index is 11.5. The molecule has 1 atom stereocenters. The number of halogens is 1. The van der Waals surface area contributed by atoms with E-state index in [0.29, 0.717) is 12.3 Å². The molecule has 0 spiro atoms. The van der Waals surface area contributed by atoms with Gasteiger partial charge in [0.15, 0.2) is 0 Å². The fourth-order valence-corrected chi connectivity index (χ4v) is 2.81. The Bertz CT molecular complexity index is 244. The number of rotatable bonds is 16. The van der Waals surface area contributed by atoms with E-state index in [1.165, 1.54) is 64.2 Å². The van der Waals surface area contributed by atoms with Crippen molar-refractivity contribution in [1.82, 2.24) is 0 Å². The van der Waals surface area contributed by atoms with Gasteiger partial charge in [-0.15, -0.1) is 11.6 Å². The van der Waals surface area contributed by atoms with Gasteiger partial charge in [-0.25, -0.2) is 0 Å². The number of esters is 1. The van der Waals surface area contributed by atoms with E-state index in [4.69, 9.17) is 16.3 Å². The molecular formula is C19H37ClO2. The summed E-state index contributed by atoms with van der Waals surface area (Å²) < 4.78 is 5.40. The monoisotopic (exact) mass is 332 g/mol. The minimum atomic E-state index is -0.0651. The third-order valence-electron chi connectivity index (χ3n) is 4.06. The molecule has 0 aliphatic rings. The van der Waals surface area contributed by atoms with E-state index >= 15 is 0 Å². The third kappa shape index (κ3) is 16.1. The SMILES string of the molecule is CCCCCCCCCCCCC(C)OC(=O)CCCCCl. The summed E-state index contributed by atoms with van der Waals surface area (Å²) in [6, 6.07) is 0. The van der Waals surface area contributed by atoms with Crippen LogP contribution in [0.1, 0.15) is 104 Å². The zero-order valence-electron chi connectivity index (χ0n) is 14.9. The normalized spacial score (nSPS) is 12.3. The Labute approximate surface area is 143 Å². The molecule has 1 unspecified atom stereocenters. The van der Waals surface area contributed by atoms with Crippen LogP contribution in [0.15, 0.2) is 0 Å². The molecule has 0 aromatic rings. The molecule has 0 bridgehead atoms. The third-order valence-corrected chi connectivity index (χ3v) is 4.33. The summed E-state index contributed by atoms with van der Waals surface area (Å²) in [6.45, 7) is 4.27. The van der Waals surface area contributed by atoms with Gasteiger partial charge < -0.3 is 4.74 Å². The number of alkyl halides is 1. The van der Waals surface area contributed by atoms with Gasteiger partial charge in [-0.05, 0) is 32.6 Å². The molecule has 0 N–H and O–H groups in total. The lowest BCUT2D eigenvalue weighted by Crippen LogP contribution is -2.14. The van der Waals surface area contributed by atoms with Gasteiger partial charge >= 0.3 is 5.97 Å². The maximum Gasteiger partial charge on any atom is 0.306 e. The van der Waals surface area contributed by atoms with E-state index in [0.717, 1.165) is 19.3 Å². The maximum atomic E-state index is 11.5. The quantitative estimate of drug-likeness (QED) is 0.180. The number of carbonyl (C=O) groups excluding carboxylic acids is 1. The number of ether oxygens (including phenoxy) is 1. The highest BCUT2D eigenvalue weighted by Gasteiger charge is 2.08. The molecule has 132 valence electrons. The number of hydrogen-bond donors (Lipinski definition) is 0. The zero-order chi connectivity index (χ0) is 16.5. The second kappa shape index (κ2) is 17.1. The van der Waals surface area contributed by atoms with Crippen molar-refractivity contribution < 1.29 is 9.53 Å². The van der Waals surface area contributed by atoms with Crippen molar-refractivity contribution in [2.45, 2.75) is 110 Å². The van der Waals surface area contributed by atoms with Gasteiger partial charge in [-0.3, -0.25) is 4.79 Å². The van der Waals surface area contributed by atoms with Crippen LogP contribution in [0, 0.1) is 0 Å². The molecule has 0 heterocycles. The smallest absolute Gasteiger partial charge is 0.306 e. The zero-order valence-corrected chi connectivity index (χ0v) is 15.6. The summed E-state index contributed by atoms with van der Waals surface area (Å²) in [7, 11) is 0. The summed E-state index contributed by atoms with van der Waals surface area (Å²) in [5.74, 6) is 0.561. The van der Waals surface area contributed by atoms with Crippen LogP contribution in [-0.4, -0.2) is 18.0 Å². The van der Waals surface area contributed by atoms with Crippen LogP contribution >= 0.6 is 11.6 Å². The van der Waals surface area contributed by atoms with Crippen LogP contribution in [0.2, 0.25) is 0 Å². The van der Waals surface area contributed by atoms with Gasteiger partial charge in [0.25, 0.3) is 0 Å². The molecule has 0 fully saturated rings. The first kappa shape index (κ1) is 21.8. The van der Waals surface area contributed by atoms with Crippen molar-refractivity contribution in [1.29, 1.82) is 0 Å². The largest absolute Gasteiger partial charge is 0.463 e. The van der Waals surface area contributed by atoms with Crippen molar-refractivity contribution in [3.63, 3.8) is 0 Å². The summed E-state index contributed by atoms with van der Waals surface area (Å²) in [5.41, 5.74) is 0. The molecule has 0 radical (unpaired) electrons. The first-order valence-corrected chi connectivity index (χ1v) is 9.99. The lowest BCUT2D eigenvalue weighted by Gasteiger charge is -2.13. The van der Waals surface area contributed by atoms with E-state index in [1.54, 1.807) is 0 Å². The van der Waals surface area contributed by atoms with Crippen LogP contribution in [0.4, 0.5) is 0 Å². The number of carbonyl (C=O) groups is 1. The number of unbranched alkanes of at least 4 members (excludes halogenated alkanes) is 10. The van der Waals surface area contributed by atoms with Crippen LogP contribution in [0.25, 0.3) is 0 Å². The minimum Gasteiger partial charge on any atom is -0.463 e. The second-order valence-electron chi connectivity index (χ2n) is 6.42. The van der Waals surface area contributed by atoms with Crippen LogP contribution in [0.3, 0.4) is 0 Å². The minimum absolute atomic E-state index is 0.0651. The van der Waals surface area contributed by atoms with Crippen LogP contribution in [-0.2, 0) is 9.53 Å². The van der Waals surface area contributed by atoms with Gasteiger partial charge in [0.1, 0.15) is 0 Å². The van der Waals surface area contributed by atoms with Crippen molar-refractivity contribution in [2.24, 2.45) is 0 Å². The first-order chi connectivity index (χ1) is 10.7. The highest BCUT2D eigenvalue weighted by atomic mass is 35.5. The molecule has 0 aliphatic heterocycles. The molecule has 0 aromatic carbocycles. The average molecular weight is 333 g/mol. The number of hydrogen-bond acceptors (Lipinski definition) is 2. The lowest BCUT2D eigenvalue weighted by molar-refractivity contribution is -0.148. The molecule has 22 heavy (non-hydrogen) atoms. The Balaban J connectivity index is 3.27. The summed E-state index contributed by atoms with van der Waals surface area (Å²) in [5, 5.41) is 0. The van der Waals surface area contributed by atoms with Crippen molar-refractivity contribution in [3.05, 3.63) is 0 Å². The molecule has 0 saturated heterocycles. The average Bonchev–Trinajstić information content (AvgIpc) is 2.49. The van der Waals surface area contributed by atoms with Crippen molar-refractivity contribution >= 4 is 17.6 Å². The van der Waals surface area contributed by atoms with Crippen molar-refractivity contribution in [2.75, 3.05) is 5.88 Å². The van der Waals surface area contributed by atoms with E-state index < -0.39 is 0 Å². The standard InChI is InChI=1S/C19H37ClO2/c1-3-4-5-6-7-8-9-10-11-12-15-18(2)22-19(21)16-13-14-17-20/h18H,3-17H2,1-2H3. The predicted molar refractivity (Wildman–Crippen MR) is 96.6 cm³/mol. The molecule has 3 heteroatoms. The van der Waals surface area contributed by atoms with Gasteiger partial charge in [-0.1, -0.05) is 64.7 Å². The molecule has 0 aromatic heterocycles. The summed E-state index contributed by atoms with van der Waals surface area (Å²) in [6.07, 6.45) is 16.7. The van der Waals surface area contributed by atoms with Gasteiger partial charge in [0, 0.05) is 12.3 Å². The van der Waals surface area contributed by atoms with Gasteiger partial charge in [0.2, 0.25) is 0 Å². The second-order valence-corrected chi connectivity index (χ2v) is 6.80. The Kier molecular flexibility index (Phi) is 16.9. The fourth-order valence-electron chi connectivity index (χ4n) is 2.63. The molecular weight excluding hydrogens is 296 g/mol. The van der Waals surface area contributed by atoms with E-state index in [-0.39, 0.29) is 12.1 Å². The lowest BCUT2D eigenvalue weighted by atomic mass is 10.0. The van der Waals surface area contributed by atoms with Gasteiger partial charge in [0.05, 0.1) is 6.10 Å². The highest BCUT2D eigenvalue weighted by molar-refractivity contribution is 6.17. The Morgan fingerprint density at radius 1 is 0.864 bits per heavy atom. The van der Waals surface area contributed by atoms with E-state index in [9.17, 15) is 4.79 Å². The fraction of sp³-hybridized carbons (Fsp3) is 0.947. The molecule has 0 amide bonds. The Morgan fingerprint density at radius 2 is 1.41 bits per heavy atom. The first-order valence-electron chi connectivity index (χ1n) is 9.46. The highest BCUT2D eigenvalue weighted by Crippen LogP contribution is 2.13. The van der Waals surface area contributed by atoms with Crippen molar-refractivity contribution in [3.8, 4) is 0 Å². The predicted octanol–water partition coefficient (Wildman–Crippen LogP) is 6.64. The van der Waals surface area contributed by atoms with E-state index in [2.05, 4.69) is 6.92 Å². The Morgan fingerprint density at radius 3 is 1.95 bits per heavy atom. The molecule has 0 saturated carbocycles. The Hall–Kier alpha value is -0.240. The van der Waals surface area contributed by atoms with E-state index in [1.807, 2.05) is 6.92 Å². The van der Waals surface area contributed by atoms with Crippen LogP contribution in [0.5, 0.6) is 0 Å². The topological polar surface area (TPSA) is 26.3 Å². The molecule has 2 nitrogen and oxygen atoms in total. The van der Waals surface area contributed by atoms with Gasteiger partial charge in [-0.2, -0.15) is 0 Å². The molecule has 0 rings (SSSR count). The molecule has 0 aliphatic carbocycles.